The molecule has 4 nitrogen and oxygen atoms in total. The summed E-state index contributed by atoms with van der Waals surface area (Å²) in [5, 5.41) is 3.48. The Bertz CT molecular complexity index is 654. The van der Waals surface area contributed by atoms with E-state index in [1.165, 1.54) is 24.0 Å². The molecule has 0 aromatic heterocycles. The van der Waals surface area contributed by atoms with Crippen molar-refractivity contribution < 1.29 is 4.74 Å². The zero-order valence-corrected chi connectivity index (χ0v) is 13.2. The van der Waals surface area contributed by atoms with E-state index in [0.717, 1.165) is 25.0 Å². The smallest absolute Gasteiger partial charge is 0.119 e. The first-order valence-corrected chi connectivity index (χ1v) is 8.15. The largest absolute Gasteiger partial charge is 0.497 e. The molecule has 1 aliphatic heterocycles. The van der Waals surface area contributed by atoms with Gasteiger partial charge in [0.1, 0.15) is 11.4 Å². The first kappa shape index (κ1) is 13.8. The molecule has 0 radical (unpaired) electrons. The number of benzene rings is 1. The van der Waals surface area contributed by atoms with Crippen molar-refractivity contribution in [3.8, 4) is 5.75 Å². The molecule has 2 bridgehead atoms. The normalized spacial score (nSPS) is 32.6. The summed E-state index contributed by atoms with van der Waals surface area (Å²) in [6.07, 6.45) is 7.66. The number of nitrogens with zero attached hydrogens (tertiary/aromatic N) is 2. The van der Waals surface area contributed by atoms with Gasteiger partial charge in [-0.25, -0.2) is 0 Å². The number of ether oxygens (including phenoxy) is 1. The third-order valence-corrected chi connectivity index (χ3v) is 6.06. The predicted octanol–water partition coefficient (Wildman–Crippen LogP) is 3.60. The molecule has 0 saturated heterocycles. The molecule has 1 heterocycles. The SMILES string of the molecule is COc1ccc2c(c1)[C@]13CCCC[C@H]1[C@@H](C2)N(C)C=C3N=O. The number of nitroso groups, excluding NO2 is 1. The quantitative estimate of drug-likeness (QED) is 0.783. The lowest BCUT2D eigenvalue weighted by molar-refractivity contribution is 0.0794. The maximum absolute atomic E-state index is 11.6. The Morgan fingerprint density at radius 2 is 2.23 bits per heavy atom. The maximum Gasteiger partial charge on any atom is 0.119 e. The lowest BCUT2D eigenvalue weighted by Crippen LogP contribution is -2.57. The average molecular weight is 298 g/mol. The predicted molar refractivity (Wildman–Crippen MR) is 85.8 cm³/mol. The minimum atomic E-state index is -0.195. The van der Waals surface area contributed by atoms with E-state index in [1.54, 1.807) is 7.11 Å². The third kappa shape index (κ3) is 1.64. The molecule has 0 unspecified atom stereocenters. The summed E-state index contributed by atoms with van der Waals surface area (Å²) >= 11 is 0. The highest BCUT2D eigenvalue weighted by atomic mass is 16.5. The van der Waals surface area contributed by atoms with Gasteiger partial charge in [-0.3, -0.25) is 0 Å². The summed E-state index contributed by atoms with van der Waals surface area (Å²) in [4.78, 5) is 13.9. The molecule has 0 amide bonds. The summed E-state index contributed by atoms with van der Waals surface area (Å²) in [5.74, 6) is 1.36. The van der Waals surface area contributed by atoms with Crippen LogP contribution in [0.3, 0.4) is 0 Å². The number of hydrogen-bond donors (Lipinski definition) is 0. The van der Waals surface area contributed by atoms with E-state index in [4.69, 9.17) is 4.74 Å². The maximum atomic E-state index is 11.6. The summed E-state index contributed by atoms with van der Waals surface area (Å²) in [5.41, 5.74) is 3.15. The first-order valence-electron chi connectivity index (χ1n) is 8.15. The lowest BCUT2D eigenvalue weighted by atomic mass is 9.53. The minimum absolute atomic E-state index is 0.195. The van der Waals surface area contributed by atoms with Crippen LogP contribution in [0.15, 0.2) is 35.3 Å². The zero-order chi connectivity index (χ0) is 15.3. The Balaban J connectivity index is 1.99. The lowest BCUT2D eigenvalue weighted by Gasteiger charge is -2.56. The van der Waals surface area contributed by atoms with Gasteiger partial charge in [0.05, 0.1) is 7.11 Å². The van der Waals surface area contributed by atoms with Crippen LogP contribution in [0.4, 0.5) is 0 Å². The summed E-state index contributed by atoms with van der Waals surface area (Å²) in [7, 11) is 3.79. The third-order valence-electron chi connectivity index (χ3n) is 6.06. The molecule has 3 aliphatic rings. The van der Waals surface area contributed by atoms with Crippen molar-refractivity contribution in [3.05, 3.63) is 46.1 Å². The van der Waals surface area contributed by atoms with Crippen molar-refractivity contribution in [1.29, 1.82) is 0 Å². The van der Waals surface area contributed by atoms with E-state index >= 15 is 0 Å². The second-order valence-electron chi connectivity index (χ2n) is 6.89. The molecule has 2 aliphatic carbocycles. The molecule has 1 saturated carbocycles. The summed E-state index contributed by atoms with van der Waals surface area (Å²) < 4.78 is 5.45. The van der Waals surface area contributed by atoms with Gasteiger partial charge in [0.25, 0.3) is 0 Å². The molecular weight excluding hydrogens is 276 g/mol. The van der Waals surface area contributed by atoms with Crippen LogP contribution in [-0.2, 0) is 11.8 Å². The second kappa shape index (κ2) is 4.83. The van der Waals surface area contributed by atoms with Crippen LogP contribution < -0.4 is 4.74 Å². The van der Waals surface area contributed by atoms with Crippen molar-refractivity contribution in [1.82, 2.24) is 4.90 Å². The van der Waals surface area contributed by atoms with Crippen LogP contribution >= 0.6 is 0 Å². The molecule has 0 spiro atoms. The molecule has 3 atom stereocenters. The number of allylic oxidation sites excluding steroid dienone is 1. The topological polar surface area (TPSA) is 41.9 Å². The van der Waals surface area contributed by atoms with Crippen LogP contribution in [-0.4, -0.2) is 25.1 Å². The Morgan fingerprint density at radius 1 is 1.36 bits per heavy atom. The van der Waals surface area contributed by atoms with Crippen molar-refractivity contribution in [3.63, 3.8) is 0 Å². The van der Waals surface area contributed by atoms with Gasteiger partial charge >= 0.3 is 0 Å². The van der Waals surface area contributed by atoms with Crippen LogP contribution in [0.5, 0.6) is 5.75 Å². The Morgan fingerprint density at radius 3 is 3.00 bits per heavy atom. The Hall–Kier alpha value is -1.84. The number of hydrogen-bond acceptors (Lipinski definition) is 4. The van der Waals surface area contributed by atoms with Crippen molar-refractivity contribution in [2.75, 3.05) is 14.2 Å². The van der Waals surface area contributed by atoms with Gasteiger partial charge in [0.15, 0.2) is 0 Å². The zero-order valence-electron chi connectivity index (χ0n) is 13.2. The molecule has 4 rings (SSSR count). The van der Waals surface area contributed by atoms with E-state index in [0.29, 0.717) is 17.7 Å². The van der Waals surface area contributed by atoms with Gasteiger partial charge in [-0.2, -0.15) is 0 Å². The number of likely N-dealkylation sites (N-methyl/N-ethyl adjacent to an activating group) is 1. The number of methoxy groups -OCH3 is 1. The van der Waals surface area contributed by atoms with Gasteiger partial charge in [-0.15, -0.1) is 4.91 Å². The minimum Gasteiger partial charge on any atom is -0.497 e. The fourth-order valence-electron chi connectivity index (χ4n) is 5.09. The van der Waals surface area contributed by atoms with Crippen molar-refractivity contribution in [2.45, 2.75) is 43.6 Å². The first-order chi connectivity index (χ1) is 10.7. The standard InChI is InChI=1S/C18H22N2O2/c1-20-11-17(19-21)18-8-4-3-5-14(18)16(20)9-12-6-7-13(22-2)10-15(12)18/h6-7,10-11,14,16H,3-5,8-9H2,1-2H3/t14-,16+,18-/m0/s1. The average Bonchev–Trinajstić information content (AvgIpc) is 2.57. The highest BCUT2D eigenvalue weighted by Crippen LogP contribution is 2.57. The van der Waals surface area contributed by atoms with E-state index in [2.05, 4.69) is 29.3 Å². The van der Waals surface area contributed by atoms with E-state index in [-0.39, 0.29) is 5.41 Å². The van der Waals surface area contributed by atoms with E-state index in [9.17, 15) is 4.91 Å². The molecule has 0 N–H and O–H groups in total. The van der Waals surface area contributed by atoms with Crippen LogP contribution in [0.2, 0.25) is 0 Å². The van der Waals surface area contributed by atoms with Crippen LogP contribution in [0.25, 0.3) is 0 Å². The fraction of sp³-hybridized carbons (Fsp3) is 0.556. The van der Waals surface area contributed by atoms with Gasteiger partial charge < -0.3 is 9.64 Å². The monoisotopic (exact) mass is 298 g/mol. The van der Waals surface area contributed by atoms with Gasteiger partial charge in [-0.05, 0) is 53.6 Å². The molecule has 1 fully saturated rings. The van der Waals surface area contributed by atoms with Gasteiger partial charge in [0, 0.05) is 24.7 Å². The van der Waals surface area contributed by atoms with E-state index in [1.807, 2.05) is 12.3 Å². The number of rotatable bonds is 2. The van der Waals surface area contributed by atoms with Gasteiger partial charge in [0.2, 0.25) is 0 Å². The molecule has 22 heavy (non-hydrogen) atoms. The molecule has 116 valence electrons. The second-order valence-corrected chi connectivity index (χ2v) is 6.89. The van der Waals surface area contributed by atoms with Crippen molar-refractivity contribution >= 4 is 0 Å². The van der Waals surface area contributed by atoms with Crippen LogP contribution in [0.1, 0.15) is 36.8 Å². The number of fused-ring (bicyclic) bond motifs is 1. The summed E-state index contributed by atoms with van der Waals surface area (Å²) in [6, 6.07) is 6.84. The molecule has 1 aromatic rings. The Kier molecular flexibility index (Phi) is 3.03. The fourth-order valence-corrected chi connectivity index (χ4v) is 5.09. The summed E-state index contributed by atoms with van der Waals surface area (Å²) in [6.45, 7) is 0. The van der Waals surface area contributed by atoms with Crippen molar-refractivity contribution in [2.24, 2.45) is 11.1 Å². The molecule has 1 aromatic carbocycles. The van der Waals surface area contributed by atoms with E-state index < -0.39 is 0 Å². The highest BCUT2D eigenvalue weighted by Gasteiger charge is 2.55. The molecule has 4 heteroatoms. The van der Waals surface area contributed by atoms with Gasteiger partial charge in [-0.1, -0.05) is 18.9 Å². The highest BCUT2D eigenvalue weighted by molar-refractivity contribution is 5.51. The molecular formula is C18H22N2O2. The van der Waals surface area contributed by atoms with Crippen LogP contribution in [0, 0.1) is 10.8 Å². The Labute approximate surface area is 131 Å².